The van der Waals surface area contributed by atoms with Gasteiger partial charge in [0.25, 0.3) is 0 Å². The molecule has 0 aliphatic rings. The maximum Gasteiger partial charge on any atom is 0.308 e. The van der Waals surface area contributed by atoms with E-state index in [-0.39, 0.29) is 10.6 Å². The molecule has 7 heteroatoms. The molecule has 0 unspecified atom stereocenters. The van der Waals surface area contributed by atoms with E-state index in [2.05, 4.69) is 9.79 Å². The number of benzene rings is 1. The van der Waals surface area contributed by atoms with Crippen molar-refractivity contribution in [1.29, 1.82) is 0 Å². The molecule has 84 valence electrons. The lowest BCUT2D eigenvalue weighted by Gasteiger charge is -1.99. The third-order valence-electron chi connectivity index (χ3n) is 2.03. The van der Waals surface area contributed by atoms with E-state index in [0.29, 0.717) is 5.56 Å². The molecule has 0 saturated heterocycles. The van der Waals surface area contributed by atoms with Gasteiger partial charge in [-0.25, -0.2) is 8.42 Å². The lowest BCUT2D eigenvalue weighted by Crippen LogP contribution is -2.03. The molecule has 0 spiro atoms. The van der Waals surface area contributed by atoms with Crippen LogP contribution in [0.5, 0.6) is 0 Å². The predicted octanol–water partition coefficient (Wildman–Crippen LogP) is 0.433. The van der Waals surface area contributed by atoms with Gasteiger partial charge in [-0.2, -0.15) is 5.16 Å². The number of hydrogen-bond acceptors (Lipinski definition) is 5. The molecule has 0 bridgehead atoms. The maximum atomic E-state index is 11.3. The van der Waals surface area contributed by atoms with Gasteiger partial charge in [0, 0.05) is 11.8 Å². The molecule has 0 atom stereocenters. The van der Waals surface area contributed by atoms with E-state index < -0.39 is 15.4 Å². The first-order chi connectivity index (χ1) is 7.48. The first-order valence-corrected chi connectivity index (χ1v) is 6.22. The third-order valence-corrected chi connectivity index (χ3v) is 3.14. The van der Waals surface area contributed by atoms with E-state index in [9.17, 15) is 13.2 Å². The summed E-state index contributed by atoms with van der Waals surface area (Å²) in [6, 6.07) is 5.96. The molecular formula is C9H8N2O4S. The van der Waals surface area contributed by atoms with Crippen molar-refractivity contribution >= 4 is 9.84 Å². The van der Waals surface area contributed by atoms with E-state index in [0.717, 1.165) is 6.26 Å². The highest BCUT2D eigenvalue weighted by molar-refractivity contribution is 7.90. The van der Waals surface area contributed by atoms with Crippen molar-refractivity contribution in [2.75, 3.05) is 6.26 Å². The second-order valence-electron chi connectivity index (χ2n) is 3.26. The fraction of sp³-hybridized carbons (Fsp3) is 0.111. The zero-order chi connectivity index (χ0) is 11.8. The van der Waals surface area contributed by atoms with Crippen LogP contribution >= 0.6 is 0 Å². The summed E-state index contributed by atoms with van der Waals surface area (Å²) in [5.74, 6) is 0. The summed E-state index contributed by atoms with van der Waals surface area (Å²) in [6.45, 7) is 0. The summed E-state index contributed by atoms with van der Waals surface area (Å²) in [4.78, 5) is 11.4. The molecule has 1 heterocycles. The van der Waals surface area contributed by atoms with Crippen molar-refractivity contribution in [3.63, 3.8) is 0 Å². The average Bonchev–Trinajstić information content (AvgIpc) is 2.63. The molecule has 2 aromatic rings. The van der Waals surface area contributed by atoms with Gasteiger partial charge in [0.2, 0.25) is 0 Å². The number of sulfone groups is 1. The molecule has 0 aliphatic heterocycles. The zero-order valence-electron chi connectivity index (χ0n) is 8.30. The van der Waals surface area contributed by atoms with E-state index in [1.807, 2.05) is 5.16 Å². The first-order valence-electron chi connectivity index (χ1n) is 4.33. The van der Waals surface area contributed by atoms with E-state index in [1.54, 1.807) is 12.1 Å². The Labute approximate surface area is 90.8 Å². The third kappa shape index (κ3) is 1.89. The van der Waals surface area contributed by atoms with Crippen LogP contribution in [0.2, 0.25) is 0 Å². The molecule has 6 nitrogen and oxygen atoms in total. The van der Waals surface area contributed by atoms with Crippen molar-refractivity contribution in [2.24, 2.45) is 0 Å². The minimum Gasteiger partial charge on any atom is -0.267 e. The largest absolute Gasteiger partial charge is 0.308 e. The summed E-state index contributed by atoms with van der Waals surface area (Å²) < 4.78 is 27.0. The van der Waals surface area contributed by atoms with Gasteiger partial charge < -0.3 is 0 Å². The molecule has 2 rings (SSSR count). The van der Waals surface area contributed by atoms with Gasteiger partial charge in [0.05, 0.1) is 4.90 Å². The zero-order valence-corrected chi connectivity index (χ0v) is 9.11. The normalized spacial score (nSPS) is 11.6. The SMILES string of the molecule is CS(=O)(=O)c1cccc(-c2no[nH]c2=O)c1. The van der Waals surface area contributed by atoms with Crippen LogP contribution in [0.4, 0.5) is 0 Å². The van der Waals surface area contributed by atoms with Crippen molar-refractivity contribution in [2.45, 2.75) is 4.90 Å². The van der Waals surface area contributed by atoms with Gasteiger partial charge in [0.15, 0.2) is 15.5 Å². The smallest absolute Gasteiger partial charge is 0.267 e. The van der Waals surface area contributed by atoms with Crippen LogP contribution in [0.3, 0.4) is 0 Å². The topological polar surface area (TPSA) is 93.0 Å². The maximum absolute atomic E-state index is 11.3. The van der Waals surface area contributed by atoms with Gasteiger partial charge in [-0.15, -0.1) is 0 Å². The molecule has 0 saturated carbocycles. The lowest BCUT2D eigenvalue weighted by atomic mass is 10.2. The molecule has 0 aliphatic carbocycles. The van der Waals surface area contributed by atoms with Crippen LogP contribution in [0.15, 0.2) is 38.6 Å². The first kappa shape index (κ1) is 10.6. The van der Waals surface area contributed by atoms with Gasteiger partial charge in [-0.1, -0.05) is 12.1 Å². The molecular weight excluding hydrogens is 232 g/mol. The fourth-order valence-electron chi connectivity index (χ4n) is 1.26. The quantitative estimate of drug-likeness (QED) is 0.821. The standard InChI is InChI=1S/C9H8N2O4S/c1-16(13,14)7-4-2-3-6(5-7)8-9(12)11-15-10-8/h2-5H,1H3,(H,11,12). The minimum atomic E-state index is -3.30. The molecule has 0 fully saturated rings. The number of H-pyrrole nitrogens is 1. The van der Waals surface area contributed by atoms with Crippen LogP contribution in [0, 0.1) is 0 Å². The summed E-state index contributed by atoms with van der Waals surface area (Å²) in [5.41, 5.74) is -0.0333. The number of hydrogen-bond donors (Lipinski definition) is 1. The Morgan fingerprint density at radius 2 is 2.12 bits per heavy atom. The van der Waals surface area contributed by atoms with Crippen molar-refractivity contribution < 1.29 is 13.0 Å². The van der Waals surface area contributed by atoms with Crippen LogP contribution in [-0.4, -0.2) is 25.0 Å². The summed E-state index contributed by atoms with van der Waals surface area (Å²) in [7, 11) is -3.30. The Morgan fingerprint density at radius 3 is 2.69 bits per heavy atom. The molecule has 0 amide bonds. The molecule has 1 aromatic heterocycles. The summed E-state index contributed by atoms with van der Waals surface area (Å²) in [6.07, 6.45) is 1.10. The van der Waals surface area contributed by atoms with E-state index >= 15 is 0 Å². The molecule has 16 heavy (non-hydrogen) atoms. The lowest BCUT2D eigenvalue weighted by molar-refractivity contribution is 0.305. The number of aromatic nitrogens is 2. The predicted molar refractivity (Wildman–Crippen MR) is 55.7 cm³/mol. The highest BCUT2D eigenvalue weighted by atomic mass is 32.2. The van der Waals surface area contributed by atoms with Gasteiger partial charge in [0.1, 0.15) is 0 Å². The Kier molecular flexibility index (Phi) is 2.39. The second kappa shape index (κ2) is 3.60. The molecule has 1 aromatic carbocycles. The van der Waals surface area contributed by atoms with Gasteiger partial charge in [-0.05, 0) is 17.3 Å². The second-order valence-corrected chi connectivity index (χ2v) is 5.28. The monoisotopic (exact) mass is 240 g/mol. The van der Waals surface area contributed by atoms with Crippen LogP contribution in [-0.2, 0) is 9.84 Å². The highest BCUT2D eigenvalue weighted by Gasteiger charge is 2.12. The van der Waals surface area contributed by atoms with Crippen molar-refractivity contribution in [1.82, 2.24) is 10.3 Å². The van der Waals surface area contributed by atoms with Gasteiger partial charge in [-0.3, -0.25) is 9.42 Å². The van der Waals surface area contributed by atoms with E-state index in [4.69, 9.17) is 0 Å². The Balaban J connectivity index is 2.62. The van der Waals surface area contributed by atoms with Crippen LogP contribution in [0.25, 0.3) is 11.3 Å². The van der Waals surface area contributed by atoms with Crippen molar-refractivity contribution in [3.8, 4) is 11.3 Å². The Morgan fingerprint density at radius 1 is 1.38 bits per heavy atom. The molecule has 1 N–H and O–H groups in total. The average molecular weight is 240 g/mol. The fourth-order valence-corrected chi connectivity index (χ4v) is 1.92. The van der Waals surface area contributed by atoms with Crippen LogP contribution in [0.1, 0.15) is 0 Å². The van der Waals surface area contributed by atoms with Crippen LogP contribution < -0.4 is 5.56 Å². The number of nitrogens with zero attached hydrogens (tertiary/aromatic N) is 1. The Bertz CT molecular complexity index is 669. The van der Waals surface area contributed by atoms with E-state index in [1.165, 1.54) is 12.1 Å². The number of nitrogens with one attached hydrogen (secondary N) is 1. The number of rotatable bonds is 2. The summed E-state index contributed by atoms with van der Waals surface area (Å²) >= 11 is 0. The Hall–Kier alpha value is -1.89. The minimum absolute atomic E-state index is 0.0606. The number of aromatic amines is 1. The van der Waals surface area contributed by atoms with Crippen molar-refractivity contribution in [3.05, 3.63) is 34.6 Å². The molecule has 0 radical (unpaired) electrons. The highest BCUT2D eigenvalue weighted by Crippen LogP contribution is 2.17. The summed E-state index contributed by atoms with van der Waals surface area (Å²) in [5, 5.41) is 5.51. The van der Waals surface area contributed by atoms with Gasteiger partial charge >= 0.3 is 5.56 Å².